The van der Waals surface area contributed by atoms with Gasteiger partial charge in [-0.25, -0.2) is 9.78 Å². The molecule has 9 nitrogen and oxygen atoms in total. The number of carbonyl (C=O) groups excluding carboxylic acids is 3. The predicted octanol–water partition coefficient (Wildman–Crippen LogP) is 3.30. The third kappa shape index (κ3) is 4.80. The molecule has 9 heteroatoms. The minimum absolute atomic E-state index is 0.117. The molecule has 0 radical (unpaired) electrons. The minimum atomic E-state index is -0.538. The van der Waals surface area contributed by atoms with E-state index in [1.807, 2.05) is 54.6 Å². The number of nitrogens with one attached hydrogen (secondary N) is 3. The fourth-order valence-electron chi connectivity index (χ4n) is 4.18. The molecule has 5 rings (SSSR count). The number of hydrogen-bond donors (Lipinski definition) is 4. The molecule has 0 unspecified atom stereocenters. The van der Waals surface area contributed by atoms with Crippen LogP contribution in [-0.2, 0) is 16.0 Å². The minimum Gasteiger partial charge on any atom is -0.366 e. The third-order valence-corrected chi connectivity index (χ3v) is 5.97. The largest absolute Gasteiger partial charge is 0.366 e. The van der Waals surface area contributed by atoms with Crippen molar-refractivity contribution in [1.29, 1.82) is 0 Å². The molecule has 1 aliphatic heterocycles. The second kappa shape index (κ2) is 9.75. The zero-order chi connectivity index (χ0) is 25.1. The summed E-state index contributed by atoms with van der Waals surface area (Å²) in [6, 6.07) is 18.2. The van der Waals surface area contributed by atoms with Crippen LogP contribution in [0.15, 0.2) is 73.1 Å². The van der Waals surface area contributed by atoms with Gasteiger partial charge in [0.2, 0.25) is 11.8 Å². The number of fused-ring (bicyclic) bond motifs is 1. The number of nitrogens with zero attached hydrogens (tertiary/aromatic N) is 2. The van der Waals surface area contributed by atoms with Gasteiger partial charge in [-0.3, -0.25) is 14.5 Å². The normalized spacial score (nSPS) is 13.6. The van der Waals surface area contributed by atoms with Gasteiger partial charge in [0.1, 0.15) is 5.65 Å². The van der Waals surface area contributed by atoms with Gasteiger partial charge in [-0.1, -0.05) is 42.5 Å². The summed E-state index contributed by atoms with van der Waals surface area (Å²) >= 11 is 0. The molecule has 5 N–H and O–H groups in total. The zero-order valence-corrected chi connectivity index (χ0v) is 19.3. The highest BCUT2D eigenvalue weighted by Gasteiger charge is 2.21. The number of rotatable bonds is 7. The first kappa shape index (κ1) is 22.9. The highest BCUT2D eigenvalue weighted by Crippen LogP contribution is 2.25. The first-order valence-electron chi connectivity index (χ1n) is 11.5. The van der Waals surface area contributed by atoms with E-state index in [4.69, 9.17) is 5.73 Å². The lowest BCUT2D eigenvalue weighted by molar-refractivity contribution is -0.115. The van der Waals surface area contributed by atoms with E-state index in [9.17, 15) is 14.4 Å². The number of aromatic amines is 1. The summed E-state index contributed by atoms with van der Waals surface area (Å²) in [6.07, 6.45) is 5.21. The Morgan fingerprint density at radius 3 is 2.58 bits per heavy atom. The van der Waals surface area contributed by atoms with Gasteiger partial charge in [-0.05, 0) is 35.4 Å². The molecule has 4 aromatic rings. The van der Waals surface area contributed by atoms with E-state index in [-0.39, 0.29) is 18.4 Å². The molecular weight excluding hydrogens is 456 g/mol. The predicted molar refractivity (Wildman–Crippen MR) is 139 cm³/mol. The first-order chi connectivity index (χ1) is 17.5. The van der Waals surface area contributed by atoms with Crippen LogP contribution in [-0.4, -0.2) is 40.9 Å². The third-order valence-electron chi connectivity index (χ3n) is 5.97. The molecule has 0 bridgehead atoms. The Morgan fingerprint density at radius 2 is 1.89 bits per heavy atom. The molecule has 1 aliphatic rings. The number of carbonyl (C=O) groups is 3. The number of nitrogens with two attached hydrogens (primary N) is 1. The highest BCUT2D eigenvalue weighted by atomic mass is 16.2. The number of amides is 4. The summed E-state index contributed by atoms with van der Waals surface area (Å²) in [6.45, 7) is 1.24. The summed E-state index contributed by atoms with van der Waals surface area (Å²) in [5.41, 5.74) is 10.2. The van der Waals surface area contributed by atoms with Crippen LogP contribution >= 0.6 is 0 Å². The summed E-state index contributed by atoms with van der Waals surface area (Å²) < 4.78 is 0. The molecule has 1 saturated heterocycles. The van der Waals surface area contributed by atoms with Gasteiger partial charge in [-0.15, -0.1) is 0 Å². The lowest BCUT2D eigenvalue weighted by Gasteiger charge is -2.14. The van der Waals surface area contributed by atoms with Gasteiger partial charge in [0, 0.05) is 41.5 Å². The van der Waals surface area contributed by atoms with Crippen molar-refractivity contribution in [2.45, 2.75) is 6.42 Å². The molecule has 0 aliphatic carbocycles. The number of hydrogen-bond acceptors (Lipinski definition) is 4. The number of urea groups is 1. The van der Waals surface area contributed by atoms with Crippen molar-refractivity contribution in [1.82, 2.24) is 15.3 Å². The van der Waals surface area contributed by atoms with Crippen LogP contribution in [0.1, 0.15) is 16.7 Å². The molecule has 2 aromatic carbocycles. The first-order valence-corrected chi connectivity index (χ1v) is 11.5. The molecule has 2 aromatic heterocycles. The molecule has 36 heavy (non-hydrogen) atoms. The molecule has 180 valence electrons. The number of anilines is 2. The van der Waals surface area contributed by atoms with Crippen molar-refractivity contribution in [3.8, 4) is 0 Å². The van der Waals surface area contributed by atoms with Gasteiger partial charge in [0.15, 0.2) is 0 Å². The summed E-state index contributed by atoms with van der Waals surface area (Å²) in [5.74, 6) is -0.734. The Hall–Kier alpha value is -4.92. The van der Waals surface area contributed by atoms with Crippen molar-refractivity contribution in [2.75, 3.05) is 23.3 Å². The van der Waals surface area contributed by atoms with Crippen LogP contribution in [0.4, 0.5) is 16.2 Å². The Balaban J connectivity index is 1.32. The summed E-state index contributed by atoms with van der Waals surface area (Å²) in [4.78, 5) is 45.8. The summed E-state index contributed by atoms with van der Waals surface area (Å²) in [7, 11) is 0. The van der Waals surface area contributed by atoms with Gasteiger partial charge in [-0.2, -0.15) is 0 Å². The van der Waals surface area contributed by atoms with E-state index in [2.05, 4.69) is 20.6 Å². The number of pyridine rings is 1. The lowest BCUT2D eigenvalue weighted by atomic mass is 10.0. The maximum atomic E-state index is 12.7. The number of H-pyrrole nitrogens is 1. The van der Waals surface area contributed by atoms with Crippen LogP contribution in [0.25, 0.3) is 22.7 Å². The van der Waals surface area contributed by atoms with E-state index in [0.717, 1.165) is 22.2 Å². The fourth-order valence-corrected chi connectivity index (χ4v) is 4.18. The maximum absolute atomic E-state index is 12.7. The van der Waals surface area contributed by atoms with Crippen molar-refractivity contribution >= 4 is 51.9 Å². The van der Waals surface area contributed by atoms with Crippen LogP contribution in [0.5, 0.6) is 0 Å². The Labute approximate surface area is 207 Å². The van der Waals surface area contributed by atoms with E-state index < -0.39 is 5.91 Å². The van der Waals surface area contributed by atoms with Crippen LogP contribution in [0.3, 0.4) is 0 Å². The van der Waals surface area contributed by atoms with Gasteiger partial charge in [0.25, 0.3) is 0 Å². The Bertz CT molecular complexity index is 1470. The smallest absolute Gasteiger partial charge is 0.321 e. The van der Waals surface area contributed by atoms with E-state index >= 15 is 0 Å². The van der Waals surface area contributed by atoms with Crippen molar-refractivity contribution in [3.63, 3.8) is 0 Å². The molecule has 3 heterocycles. The SMILES string of the molecule is NC(=O)C(=Cc1c[nH]c2ncc(NC(=O)Cc3ccc(N4CCNC4=O)cc3)cc12)c1ccccc1. The monoisotopic (exact) mass is 480 g/mol. The maximum Gasteiger partial charge on any atom is 0.321 e. The van der Waals surface area contributed by atoms with E-state index in [0.29, 0.717) is 35.6 Å². The molecular formula is C27H24N6O3. The number of primary amides is 1. The van der Waals surface area contributed by atoms with Crippen LogP contribution in [0.2, 0.25) is 0 Å². The van der Waals surface area contributed by atoms with Gasteiger partial charge < -0.3 is 21.4 Å². The fraction of sp³-hybridized carbons (Fsp3) is 0.111. The van der Waals surface area contributed by atoms with Crippen molar-refractivity contribution in [3.05, 3.63) is 89.7 Å². The van der Waals surface area contributed by atoms with Gasteiger partial charge >= 0.3 is 6.03 Å². The molecule has 0 spiro atoms. The van der Waals surface area contributed by atoms with E-state index in [1.54, 1.807) is 29.4 Å². The average Bonchev–Trinajstić information content (AvgIpc) is 3.49. The number of benzene rings is 2. The number of aromatic nitrogens is 2. The Kier molecular flexibility index (Phi) is 6.19. The standard InChI is InChI=1S/C27H24N6O3/c28-25(35)22(18-4-2-1-3-5-18)13-19-15-30-26-23(19)14-20(16-31-26)32-24(34)12-17-6-8-21(9-7-17)33-11-10-29-27(33)36/h1-9,13-16H,10-12H2,(H2,28,35)(H,29,36)(H,30,31)(H,32,34). The van der Waals surface area contributed by atoms with Crippen LogP contribution < -0.4 is 21.3 Å². The highest BCUT2D eigenvalue weighted by molar-refractivity contribution is 6.24. The Morgan fingerprint density at radius 1 is 1.11 bits per heavy atom. The molecule has 0 saturated carbocycles. The van der Waals surface area contributed by atoms with Crippen LogP contribution in [0, 0.1) is 0 Å². The van der Waals surface area contributed by atoms with Gasteiger partial charge in [0.05, 0.1) is 18.3 Å². The lowest BCUT2D eigenvalue weighted by Crippen LogP contribution is -2.27. The second-order valence-electron chi connectivity index (χ2n) is 8.43. The van der Waals surface area contributed by atoms with E-state index in [1.165, 1.54) is 0 Å². The topological polar surface area (TPSA) is 133 Å². The second-order valence-corrected chi connectivity index (χ2v) is 8.43. The summed E-state index contributed by atoms with van der Waals surface area (Å²) in [5, 5.41) is 6.40. The average molecular weight is 481 g/mol. The molecule has 0 atom stereocenters. The van der Waals surface area contributed by atoms with Crippen molar-refractivity contribution < 1.29 is 14.4 Å². The zero-order valence-electron chi connectivity index (χ0n) is 19.3. The quantitative estimate of drug-likeness (QED) is 0.302. The molecule has 4 amide bonds. The van der Waals surface area contributed by atoms with Crippen molar-refractivity contribution in [2.24, 2.45) is 5.73 Å². The molecule has 1 fully saturated rings.